The van der Waals surface area contributed by atoms with E-state index in [0.29, 0.717) is 17.3 Å². The Hall–Kier alpha value is -2.33. The summed E-state index contributed by atoms with van der Waals surface area (Å²) in [5.41, 5.74) is 2.55. The van der Waals surface area contributed by atoms with E-state index in [1.54, 1.807) is 0 Å². The van der Waals surface area contributed by atoms with Crippen LogP contribution in [-0.2, 0) is 22.5 Å². The second kappa shape index (κ2) is 18.0. The SMILES string of the molecule is CCCCCCCCCCCCc1ccc(OC(CC)OC(=O)C(CC)[N+](C)(C)Cc2ccccc2)cc1. The van der Waals surface area contributed by atoms with Crippen LogP contribution in [0, 0.1) is 0 Å². The molecule has 2 atom stereocenters. The molecule has 4 nitrogen and oxygen atoms in total. The van der Waals surface area contributed by atoms with Gasteiger partial charge in [0.15, 0.2) is 6.04 Å². The summed E-state index contributed by atoms with van der Waals surface area (Å²) in [6.45, 7) is 7.08. The number of benzene rings is 2. The van der Waals surface area contributed by atoms with Crippen molar-refractivity contribution in [1.29, 1.82) is 0 Å². The molecule has 0 aliphatic heterocycles. The van der Waals surface area contributed by atoms with Crippen LogP contribution in [0.3, 0.4) is 0 Å². The van der Waals surface area contributed by atoms with Crippen LogP contribution < -0.4 is 4.74 Å². The van der Waals surface area contributed by atoms with Crippen molar-refractivity contribution in [3.05, 3.63) is 65.7 Å². The number of carbonyl (C=O) groups is 1. The molecule has 38 heavy (non-hydrogen) atoms. The van der Waals surface area contributed by atoms with E-state index in [1.165, 1.54) is 75.3 Å². The number of ether oxygens (including phenoxy) is 2. The number of rotatable bonds is 20. The lowest BCUT2D eigenvalue weighted by Crippen LogP contribution is -2.53. The molecule has 0 fully saturated rings. The van der Waals surface area contributed by atoms with Crippen molar-refractivity contribution in [2.75, 3.05) is 14.1 Å². The Kier molecular flexibility index (Phi) is 15.1. The summed E-state index contributed by atoms with van der Waals surface area (Å²) in [5.74, 6) is 0.556. The van der Waals surface area contributed by atoms with Gasteiger partial charge >= 0.3 is 5.97 Å². The van der Waals surface area contributed by atoms with Crippen LogP contribution in [0.5, 0.6) is 5.75 Å². The lowest BCUT2D eigenvalue weighted by Gasteiger charge is -2.36. The zero-order valence-corrected chi connectivity index (χ0v) is 24.9. The fraction of sp³-hybridized carbons (Fsp3) is 0.618. The van der Waals surface area contributed by atoms with Crippen LogP contribution in [0.2, 0.25) is 0 Å². The summed E-state index contributed by atoms with van der Waals surface area (Å²) in [5, 5.41) is 0. The third kappa shape index (κ3) is 12.0. The standard InChI is InChI=1S/C34H54NO3/c1-6-9-10-11-12-13-14-15-16-18-21-29-24-26-31(27-25-29)37-33(8-3)38-34(36)32(7-2)35(4,5)28-30-22-19-17-20-23-30/h17,19-20,22-27,32-33H,6-16,18,21,28H2,1-5H3/q+1. The third-order valence-electron chi connectivity index (χ3n) is 7.53. The average molecular weight is 525 g/mol. The van der Waals surface area contributed by atoms with E-state index in [1.807, 2.05) is 44.2 Å². The molecule has 0 spiro atoms. The number of carbonyl (C=O) groups excluding carboxylic acids is 1. The maximum absolute atomic E-state index is 13.2. The summed E-state index contributed by atoms with van der Waals surface area (Å²) in [7, 11) is 4.19. The molecular weight excluding hydrogens is 470 g/mol. The van der Waals surface area contributed by atoms with Gasteiger partial charge in [0.2, 0.25) is 6.29 Å². The van der Waals surface area contributed by atoms with E-state index in [4.69, 9.17) is 9.47 Å². The van der Waals surface area contributed by atoms with Gasteiger partial charge in [-0.15, -0.1) is 0 Å². The quantitative estimate of drug-likeness (QED) is 0.0751. The molecule has 0 saturated heterocycles. The monoisotopic (exact) mass is 524 g/mol. The van der Waals surface area contributed by atoms with Crippen molar-refractivity contribution in [2.24, 2.45) is 0 Å². The van der Waals surface area contributed by atoms with Gasteiger partial charge in [0, 0.05) is 18.4 Å². The van der Waals surface area contributed by atoms with Gasteiger partial charge in [-0.05, 0) is 30.5 Å². The molecule has 0 aromatic heterocycles. The van der Waals surface area contributed by atoms with Crippen molar-refractivity contribution < 1.29 is 18.8 Å². The first-order valence-electron chi connectivity index (χ1n) is 15.2. The molecule has 0 radical (unpaired) electrons. The highest BCUT2D eigenvalue weighted by Crippen LogP contribution is 2.21. The third-order valence-corrected chi connectivity index (χ3v) is 7.53. The number of aryl methyl sites for hydroxylation is 1. The summed E-state index contributed by atoms with van der Waals surface area (Å²) >= 11 is 0. The fourth-order valence-corrected chi connectivity index (χ4v) is 5.21. The molecule has 4 heteroatoms. The summed E-state index contributed by atoms with van der Waals surface area (Å²) in [4.78, 5) is 13.2. The molecule has 2 unspecified atom stereocenters. The first-order valence-corrected chi connectivity index (χ1v) is 15.2. The topological polar surface area (TPSA) is 35.5 Å². The highest BCUT2D eigenvalue weighted by molar-refractivity contribution is 5.74. The Morgan fingerprint density at radius 1 is 0.711 bits per heavy atom. The molecule has 0 bridgehead atoms. The summed E-state index contributed by atoms with van der Waals surface area (Å²) < 4.78 is 12.5. The zero-order valence-electron chi connectivity index (χ0n) is 24.9. The minimum atomic E-state index is -0.582. The Balaban J connectivity index is 1.75. The maximum Gasteiger partial charge on any atom is 0.368 e. The molecule has 0 aliphatic carbocycles. The van der Waals surface area contributed by atoms with Crippen LogP contribution in [-0.4, -0.2) is 36.9 Å². The number of hydrogen-bond acceptors (Lipinski definition) is 3. The van der Waals surface area contributed by atoms with Gasteiger partial charge in [0.1, 0.15) is 12.3 Å². The molecular formula is C34H54NO3+. The molecule has 0 N–H and O–H groups in total. The Morgan fingerprint density at radius 2 is 1.29 bits per heavy atom. The molecule has 0 amide bonds. The minimum absolute atomic E-state index is 0.196. The van der Waals surface area contributed by atoms with Gasteiger partial charge < -0.3 is 14.0 Å². The zero-order chi connectivity index (χ0) is 27.6. The number of likely N-dealkylation sites (N-methyl/N-ethyl adjacent to an activating group) is 1. The van der Waals surface area contributed by atoms with Crippen molar-refractivity contribution in [2.45, 2.75) is 123 Å². The fourth-order valence-electron chi connectivity index (χ4n) is 5.21. The molecule has 0 saturated carbocycles. The molecule has 0 heterocycles. The van der Waals surface area contributed by atoms with Crippen LogP contribution in [0.1, 0.15) is 109 Å². The molecule has 212 valence electrons. The van der Waals surface area contributed by atoms with Crippen LogP contribution in [0.4, 0.5) is 0 Å². The lowest BCUT2D eigenvalue weighted by molar-refractivity contribution is -0.919. The van der Waals surface area contributed by atoms with Gasteiger partial charge in [-0.3, -0.25) is 0 Å². The first kappa shape index (κ1) is 31.9. The van der Waals surface area contributed by atoms with Gasteiger partial charge in [0.05, 0.1) is 14.1 Å². The summed E-state index contributed by atoms with van der Waals surface area (Å²) in [6.07, 6.45) is 15.4. The second-order valence-electron chi connectivity index (χ2n) is 11.3. The van der Waals surface area contributed by atoms with Crippen molar-refractivity contribution >= 4 is 5.97 Å². The van der Waals surface area contributed by atoms with Crippen molar-refractivity contribution in [3.8, 4) is 5.75 Å². The maximum atomic E-state index is 13.2. The average Bonchev–Trinajstić information content (AvgIpc) is 2.90. The number of hydrogen-bond donors (Lipinski definition) is 0. The molecule has 0 aliphatic rings. The number of esters is 1. The highest BCUT2D eigenvalue weighted by atomic mass is 16.7. The second-order valence-corrected chi connectivity index (χ2v) is 11.3. The Labute approximate surface area is 233 Å². The molecule has 2 rings (SSSR count). The number of unbranched alkanes of at least 4 members (excludes halogenated alkanes) is 9. The normalized spacial score (nSPS) is 13.2. The van der Waals surface area contributed by atoms with Crippen LogP contribution in [0.25, 0.3) is 0 Å². The minimum Gasteiger partial charge on any atom is -0.455 e. The van der Waals surface area contributed by atoms with E-state index in [2.05, 4.69) is 45.3 Å². The van der Waals surface area contributed by atoms with Crippen LogP contribution in [0.15, 0.2) is 54.6 Å². The van der Waals surface area contributed by atoms with E-state index in [-0.39, 0.29) is 12.0 Å². The van der Waals surface area contributed by atoms with Crippen LogP contribution >= 0.6 is 0 Å². The highest BCUT2D eigenvalue weighted by Gasteiger charge is 2.36. The lowest BCUT2D eigenvalue weighted by atomic mass is 10.0. The van der Waals surface area contributed by atoms with E-state index in [9.17, 15) is 4.79 Å². The predicted molar refractivity (Wildman–Crippen MR) is 159 cm³/mol. The van der Waals surface area contributed by atoms with Gasteiger partial charge in [-0.2, -0.15) is 0 Å². The largest absolute Gasteiger partial charge is 0.455 e. The van der Waals surface area contributed by atoms with E-state index >= 15 is 0 Å². The first-order chi connectivity index (χ1) is 18.4. The number of quaternary nitrogens is 1. The van der Waals surface area contributed by atoms with E-state index < -0.39 is 6.29 Å². The van der Waals surface area contributed by atoms with Gasteiger partial charge in [-0.1, -0.05) is 121 Å². The summed E-state index contributed by atoms with van der Waals surface area (Å²) in [6, 6.07) is 18.4. The van der Waals surface area contributed by atoms with Gasteiger partial charge in [-0.25, -0.2) is 4.79 Å². The predicted octanol–water partition coefficient (Wildman–Crippen LogP) is 8.86. The van der Waals surface area contributed by atoms with E-state index in [0.717, 1.165) is 18.7 Å². The van der Waals surface area contributed by atoms with Crippen molar-refractivity contribution in [1.82, 2.24) is 0 Å². The smallest absolute Gasteiger partial charge is 0.368 e. The molecule has 2 aromatic rings. The Morgan fingerprint density at radius 3 is 1.84 bits per heavy atom. The molecule has 2 aromatic carbocycles. The van der Waals surface area contributed by atoms with Gasteiger partial charge in [0.25, 0.3) is 0 Å². The Bertz CT molecular complexity index is 878. The number of nitrogens with zero attached hydrogens (tertiary/aromatic N) is 1. The van der Waals surface area contributed by atoms with Crippen molar-refractivity contribution in [3.63, 3.8) is 0 Å².